The summed E-state index contributed by atoms with van der Waals surface area (Å²) in [4.78, 5) is 4.99. The molecule has 3 heteroatoms. The normalized spacial score (nSPS) is 14.5. The van der Waals surface area contributed by atoms with Crippen LogP contribution >= 0.6 is 0 Å². The van der Waals surface area contributed by atoms with Crippen LogP contribution in [0.2, 0.25) is 0 Å². The van der Waals surface area contributed by atoms with Gasteiger partial charge in [0.2, 0.25) is 0 Å². The number of fused-ring (bicyclic) bond motifs is 4. The second-order valence-electron chi connectivity index (χ2n) is 21.3. The van der Waals surface area contributed by atoms with E-state index in [2.05, 4.69) is 199 Å². The lowest BCUT2D eigenvalue weighted by Crippen LogP contribution is -2.61. The smallest absolute Gasteiger partial charge is 0.252 e. The van der Waals surface area contributed by atoms with Crippen molar-refractivity contribution in [3.63, 3.8) is 0 Å². The van der Waals surface area contributed by atoms with E-state index in [0.29, 0.717) is 12.1 Å². The van der Waals surface area contributed by atoms with Crippen molar-refractivity contribution in [3.8, 4) is 11.1 Å². The van der Waals surface area contributed by atoms with Crippen LogP contribution in [-0.4, -0.2) is 6.71 Å². The predicted molar refractivity (Wildman–Crippen MR) is 255 cm³/mol. The van der Waals surface area contributed by atoms with Gasteiger partial charge in [-0.15, -0.1) is 0 Å². The predicted octanol–water partition coefficient (Wildman–Crippen LogP) is 13.6. The SMILES string of the molecule is [2H]c1ccc2c(c1)B1c3cc([2H])ccc3N(c3cc(C(C)(C)C)cc(C(C)(C)C)c3)c3cc(-c4c(C)cc(C)cc4C)cc(c31)N2c1cc(C(C)(C)C)cc(C(C)(C)C)c1. The Bertz CT molecular complexity index is 2470. The summed E-state index contributed by atoms with van der Waals surface area (Å²) in [6.45, 7) is 34.2. The van der Waals surface area contributed by atoms with Gasteiger partial charge in [-0.3, -0.25) is 0 Å². The van der Waals surface area contributed by atoms with E-state index in [0.717, 1.165) is 45.0 Å². The first-order chi connectivity index (χ1) is 27.8. The molecule has 58 heavy (non-hydrogen) atoms. The van der Waals surface area contributed by atoms with Crippen molar-refractivity contribution >= 4 is 57.2 Å². The van der Waals surface area contributed by atoms with Crippen LogP contribution in [-0.2, 0) is 21.7 Å². The highest BCUT2D eigenvalue weighted by molar-refractivity contribution is 7.00. The summed E-state index contributed by atoms with van der Waals surface area (Å²) in [5.74, 6) is 0. The Balaban J connectivity index is 1.57. The standard InChI is InChI=1S/C55H63BN2/c1-34-24-35(2)50(36(3)25-34)37-26-48-51-49(27-37)58(43-32-40(54(10,11)12)29-41(33-43)55(13,14)15)47-23-19-17-21-45(47)56(51)44-20-16-18-22-46(44)57(48)42-30-38(52(4,5)6)28-39(31-42)53(7,8)9/h16-33H,1-15H3/i16D,17D. The number of hydrogen-bond donors (Lipinski definition) is 0. The number of rotatable bonds is 3. The largest absolute Gasteiger partial charge is 0.311 e. The van der Waals surface area contributed by atoms with Crippen LogP contribution in [0, 0.1) is 20.8 Å². The van der Waals surface area contributed by atoms with E-state index in [-0.39, 0.29) is 28.4 Å². The Labute approximate surface area is 353 Å². The molecule has 0 unspecified atom stereocenters. The zero-order valence-corrected chi connectivity index (χ0v) is 37.7. The molecule has 0 bridgehead atoms. The molecule has 0 spiro atoms. The molecule has 0 N–H and O–H groups in total. The molecule has 8 rings (SSSR count). The number of anilines is 6. The van der Waals surface area contributed by atoms with E-state index in [1.807, 2.05) is 12.1 Å². The molecule has 0 radical (unpaired) electrons. The van der Waals surface area contributed by atoms with Gasteiger partial charge in [0.15, 0.2) is 0 Å². The van der Waals surface area contributed by atoms with E-state index in [9.17, 15) is 0 Å². The topological polar surface area (TPSA) is 6.48 Å². The first-order valence-electron chi connectivity index (χ1n) is 22.2. The van der Waals surface area contributed by atoms with Crippen LogP contribution in [0.1, 0.15) is 125 Å². The monoisotopic (exact) mass is 765 g/mol. The molecule has 2 heterocycles. The second-order valence-corrected chi connectivity index (χ2v) is 21.3. The zero-order valence-electron chi connectivity index (χ0n) is 39.7. The Kier molecular flexibility index (Phi) is 8.69. The molecule has 0 fully saturated rings. The van der Waals surface area contributed by atoms with Crippen LogP contribution in [0.15, 0.2) is 109 Å². The van der Waals surface area contributed by atoms with Crippen molar-refractivity contribution in [2.75, 3.05) is 9.80 Å². The highest BCUT2D eigenvalue weighted by Crippen LogP contribution is 2.49. The molecule has 2 aliphatic heterocycles. The van der Waals surface area contributed by atoms with Crippen LogP contribution in [0.5, 0.6) is 0 Å². The number of hydrogen-bond acceptors (Lipinski definition) is 2. The Hall–Kier alpha value is -5.02. The summed E-state index contributed by atoms with van der Waals surface area (Å²) in [5, 5.41) is 0. The second kappa shape index (κ2) is 13.5. The molecule has 2 nitrogen and oxygen atoms in total. The number of benzene rings is 6. The minimum absolute atomic E-state index is 0.0807. The fourth-order valence-corrected chi connectivity index (χ4v) is 9.32. The van der Waals surface area contributed by atoms with Gasteiger partial charge in [0.1, 0.15) is 0 Å². The number of nitrogens with zero attached hydrogens (tertiary/aromatic N) is 2. The summed E-state index contributed by atoms with van der Waals surface area (Å²) in [7, 11) is 0. The van der Waals surface area contributed by atoms with Crippen molar-refractivity contribution < 1.29 is 2.74 Å². The number of para-hydroxylation sites is 2. The van der Waals surface area contributed by atoms with Gasteiger partial charge in [0.25, 0.3) is 6.71 Å². The molecule has 0 saturated heterocycles. The van der Waals surface area contributed by atoms with E-state index >= 15 is 0 Å². The van der Waals surface area contributed by atoms with Crippen molar-refractivity contribution in [1.82, 2.24) is 0 Å². The minimum atomic E-state index is -0.182. The van der Waals surface area contributed by atoms with Crippen LogP contribution in [0.25, 0.3) is 11.1 Å². The van der Waals surface area contributed by atoms with E-state index in [4.69, 9.17) is 2.74 Å². The highest BCUT2D eigenvalue weighted by Gasteiger charge is 2.44. The lowest BCUT2D eigenvalue weighted by molar-refractivity contribution is 0.568. The van der Waals surface area contributed by atoms with Gasteiger partial charge in [-0.05, 0) is 152 Å². The van der Waals surface area contributed by atoms with Gasteiger partial charge >= 0.3 is 0 Å². The summed E-state index contributed by atoms with van der Waals surface area (Å²) in [6.07, 6.45) is 0. The van der Waals surface area contributed by atoms with Crippen LogP contribution in [0.4, 0.5) is 34.1 Å². The third-order valence-corrected chi connectivity index (χ3v) is 12.5. The van der Waals surface area contributed by atoms with Crippen LogP contribution in [0.3, 0.4) is 0 Å². The van der Waals surface area contributed by atoms with E-state index in [1.54, 1.807) is 0 Å². The molecule has 0 aromatic heterocycles. The Morgan fingerprint density at radius 1 is 0.448 bits per heavy atom. The molecule has 6 aromatic rings. The molecule has 0 amide bonds. The first-order valence-corrected chi connectivity index (χ1v) is 21.2. The lowest BCUT2D eigenvalue weighted by Gasteiger charge is -2.45. The van der Waals surface area contributed by atoms with Gasteiger partial charge in [-0.2, -0.15) is 0 Å². The average Bonchev–Trinajstić information content (AvgIpc) is 3.12. The minimum Gasteiger partial charge on any atom is -0.311 e. The molecular weight excluding hydrogens is 699 g/mol. The zero-order chi connectivity index (χ0) is 43.6. The first kappa shape index (κ1) is 37.3. The van der Waals surface area contributed by atoms with Crippen molar-refractivity contribution in [2.45, 2.75) is 126 Å². The fourth-order valence-electron chi connectivity index (χ4n) is 9.32. The summed E-state index contributed by atoms with van der Waals surface area (Å²) in [5.41, 5.74) is 21.1. The molecule has 296 valence electrons. The molecule has 0 saturated carbocycles. The summed E-state index contributed by atoms with van der Waals surface area (Å²) in [6, 6.07) is 37.2. The van der Waals surface area contributed by atoms with E-state index in [1.165, 1.54) is 55.5 Å². The molecule has 2 aliphatic rings. The van der Waals surface area contributed by atoms with Gasteiger partial charge in [-0.1, -0.05) is 149 Å². The van der Waals surface area contributed by atoms with Gasteiger partial charge < -0.3 is 9.80 Å². The summed E-state index contributed by atoms with van der Waals surface area (Å²) < 4.78 is 18.1. The lowest BCUT2D eigenvalue weighted by atomic mass is 9.33. The van der Waals surface area contributed by atoms with Crippen molar-refractivity contribution in [1.29, 1.82) is 0 Å². The van der Waals surface area contributed by atoms with Crippen LogP contribution < -0.4 is 26.2 Å². The number of aryl methyl sites for hydroxylation is 3. The third kappa shape index (κ3) is 6.79. The maximum Gasteiger partial charge on any atom is 0.252 e. The molecular formula is C55H63BN2. The maximum absolute atomic E-state index is 9.07. The van der Waals surface area contributed by atoms with Gasteiger partial charge in [0, 0.05) is 34.1 Å². The molecule has 6 aromatic carbocycles. The highest BCUT2D eigenvalue weighted by atomic mass is 15.2. The average molecular weight is 765 g/mol. The summed E-state index contributed by atoms with van der Waals surface area (Å²) >= 11 is 0. The quantitative estimate of drug-likeness (QED) is 0.165. The maximum atomic E-state index is 9.07. The fraction of sp³-hybridized carbons (Fsp3) is 0.345. The van der Waals surface area contributed by atoms with E-state index < -0.39 is 0 Å². The molecule has 0 aliphatic carbocycles. The van der Waals surface area contributed by atoms with Crippen molar-refractivity contribution in [3.05, 3.63) is 148 Å². The van der Waals surface area contributed by atoms with Gasteiger partial charge in [0.05, 0.1) is 2.74 Å². The molecule has 0 atom stereocenters. The Morgan fingerprint density at radius 3 is 1.16 bits per heavy atom. The van der Waals surface area contributed by atoms with Gasteiger partial charge in [-0.25, -0.2) is 0 Å². The van der Waals surface area contributed by atoms with Crippen molar-refractivity contribution in [2.24, 2.45) is 0 Å². The Morgan fingerprint density at radius 2 is 0.810 bits per heavy atom. The third-order valence-electron chi connectivity index (χ3n) is 12.5.